The SMILES string of the molecule is Cc1nc(CN=C(N)N(C)C2CC2)c(C)s1.I. The maximum absolute atomic E-state index is 5.91. The van der Waals surface area contributed by atoms with Crippen molar-refractivity contribution in [2.45, 2.75) is 39.3 Å². The molecule has 0 aliphatic heterocycles. The van der Waals surface area contributed by atoms with E-state index in [1.165, 1.54) is 17.7 Å². The number of halogens is 1. The number of hydrogen-bond donors (Lipinski definition) is 1. The number of nitrogens with zero attached hydrogens (tertiary/aromatic N) is 3. The van der Waals surface area contributed by atoms with Crippen LogP contribution in [0.4, 0.5) is 0 Å². The number of hydrogen-bond acceptors (Lipinski definition) is 3. The lowest BCUT2D eigenvalue weighted by Crippen LogP contribution is -2.35. The molecule has 0 bridgehead atoms. The molecule has 0 atom stereocenters. The zero-order valence-corrected chi connectivity index (χ0v) is 13.6. The van der Waals surface area contributed by atoms with Crippen LogP contribution in [0.2, 0.25) is 0 Å². The van der Waals surface area contributed by atoms with Crippen molar-refractivity contribution in [2.75, 3.05) is 7.05 Å². The Hall–Kier alpha value is -0.370. The van der Waals surface area contributed by atoms with Crippen LogP contribution in [0.25, 0.3) is 0 Å². The van der Waals surface area contributed by atoms with E-state index in [0.29, 0.717) is 18.5 Å². The van der Waals surface area contributed by atoms with Crippen molar-refractivity contribution in [3.05, 3.63) is 15.6 Å². The van der Waals surface area contributed by atoms with Crippen molar-refractivity contribution >= 4 is 41.3 Å². The number of nitrogens with two attached hydrogens (primary N) is 1. The third-order valence-corrected chi connectivity index (χ3v) is 3.77. The van der Waals surface area contributed by atoms with Crippen molar-refractivity contribution in [1.29, 1.82) is 0 Å². The molecule has 1 aliphatic carbocycles. The second kappa shape index (κ2) is 5.99. The van der Waals surface area contributed by atoms with Gasteiger partial charge in [-0.05, 0) is 26.7 Å². The van der Waals surface area contributed by atoms with E-state index in [2.05, 4.69) is 21.8 Å². The molecule has 1 aromatic heterocycles. The Kier molecular flexibility index (Phi) is 5.18. The van der Waals surface area contributed by atoms with Gasteiger partial charge in [0.25, 0.3) is 0 Å². The molecule has 1 fully saturated rings. The lowest BCUT2D eigenvalue weighted by atomic mass is 10.4. The van der Waals surface area contributed by atoms with E-state index in [1.807, 2.05) is 14.0 Å². The van der Waals surface area contributed by atoms with Crippen LogP contribution in [0.3, 0.4) is 0 Å². The normalized spacial score (nSPS) is 15.6. The molecule has 4 nitrogen and oxygen atoms in total. The Balaban J connectivity index is 0.00000144. The number of thiazole rings is 1. The van der Waals surface area contributed by atoms with Crippen LogP contribution in [-0.2, 0) is 6.54 Å². The molecular weight excluding hydrogens is 347 g/mol. The Morgan fingerprint density at radius 1 is 1.53 bits per heavy atom. The quantitative estimate of drug-likeness (QED) is 0.507. The highest BCUT2D eigenvalue weighted by Crippen LogP contribution is 2.25. The van der Waals surface area contributed by atoms with Crippen molar-refractivity contribution in [3.63, 3.8) is 0 Å². The number of guanidine groups is 1. The number of aromatic nitrogens is 1. The third-order valence-electron chi connectivity index (χ3n) is 2.85. The predicted molar refractivity (Wildman–Crippen MR) is 83.1 cm³/mol. The Labute approximate surface area is 123 Å². The molecule has 0 radical (unpaired) electrons. The first-order valence-electron chi connectivity index (χ1n) is 5.53. The second-order valence-corrected chi connectivity index (χ2v) is 5.66. The van der Waals surface area contributed by atoms with Gasteiger partial charge in [-0.3, -0.25) is 0 Å². The molecule has 1 aromatic rings. The Morgan fingerprint density at radius 3 is 2.65 bits per heavy atom. The maximum atomic E-state index is 5.91. The summed E-state index contributed by atoms with van der Waals surface area (Å²) in [5, 5.41) is 1.09. The van der Waals surface area contributed by atoms with Gasteiger partial charge in [0.2, 0.25) is 0 Å². The molecule has 0 saturated heterocycles. The minimum absolute atomic E-state index is 0. The first kappa shape index (κ1) is 14.7. The van der Waals surface area contributed by atoms with E-state index in [4.69, 9.17) is 5.73 Å². The Morgan fingerprint density at radius 2 is 2.18 bits per heavy atom. The predicted octanol–water partition coefficient (Wildman–Crippen LogP) is 2.29. The summed E-state index contributed by atoms with van der Waals surface area (Å²) in [7, 11) is 2.01. The molecule has 2 rings (SSSR count). The molecule has 6 heteroatoms. The van der Waals surface area contributed by atoms with Gasteiger partial charge in [-0.1, -0.05) is 0 Å². The van der Waals surface area contributed by atoms with Gasteiger partial charge >= 0.3 is 0 Å². The largest absolute Gasteiger partial charge is 0.370 e. The summed E-state index contributed by atoms with van der Waals surface area (Å²) >= 11 is 1.71. The highest BCUT2D eigenvalue weighted by atomic mass is 127. The molecule has 1 saturated carbocycles. The lowest BCUT2D eigenvalue weighted by Gasteiger charge is -2.16. The highest BCUT2D eigenvalue weighted by molar-refractivity contribution is 14.0. The first-order valence-corrected chi connectivity index (χ1v) is 6.35. The van der Waals surface area contributed by atoms with Crippen LogP contribution in [0.1, 0.15) is 28.4 Å². The van der Waals surface area contributed by atoms with Gasteiger partial charge < -0.3 is 10.6 Å². The fourth-order valence-electron chi connectivity index (χ4n) is 1.64. The molecule has 1 heterocycles. The van der Waals surface area contributed by atoms with Crippen molar-refractivity contribution < 1.29 is 0 Å². The summed E-state index contributed by atoms with van der Waals surface area (Å²) in [6, 6.07) is 0.613. The van der Waals surface area contributed by atoms with E-state index in [9.17, 15) is 0 Å². The monoisotopic (exact) mass is 366 g/mol. The smallest absolute Gasteiger partial charge is 0.191 e. The highest BCUT2D eigenvalue weighted by Gasteiger charge is 2.27. The number of aliphatic imine (C=N–C) groups is 1. The summed E-state index contributed by atoms with van der Waals surface area (Å²) in [4.78, 5) is 12.1. The van der Waals surface area contributed by atoms with Crippen LogP contribution >= 0.6 is 35.3 Å². The van der Waals surface area contributed by atoms with Gasteiger partial charge in [0.15, 0.2) is 5.96 Å². The molecule has 0 spiro atoms. The number of rotatable bonds is 3. The van der Waals surface area contributed by atoms with Gasteiger partial charge in [0.1, 0.15) is 0 Å². The fourth-order valence-corrected chi connectivity index (χ4v) is 2.46. The average molecular weight is 366 g/mol. The van der Waals surface area contributed by atoms with Gasteiger partial charge in [-0.2, -0.15) is 0 Å². The molecular formula is C11H19IN4S. The average Bonchev–Trinajstić information content (AvgIpc) is 3.01. The van der Waals surface area contributed by atoms with Crippen LogP contribution < -0.4 is 5.73 Å². The van der Waals surface area contributed by atoms with E-state index in [1.54, 1.807) is 11.3 Å². The third kappa shape index (κ3) is 3.80. The summed E-state index contributed by atoms with van der Waals surface area (Å²) < 4.78 is 0. The molecule has 0 unspecified atom stereocenters. The molecule has 0 aromatic carbocycles. The summed E-state index contributed by atoms with van der Waals surface area (Å²) in [5.41, 5.74) is 6.97. The van der Waals surface area contributed by atoms with E-state index in [-0.39, 0.29) is 24.0 Å². The molecule has 96 valence electrons. The first-order chi connectivity index (χ1) is 7.58. The minimum Gasteiger partial charge on any atom is -0.370 e. The maximum Gasteiger partial charge on any atom is 0.191 e. The number of aryl methyl sites for hydroxylation is 2. The van der Waals surface area contributed by atoms with Crippen molar-refractivity contribution in [3.8, 4) is 0 Å². The lowest BCUT2D eigenvalue weighted by molar-refractivity contribution is 0.487. The van der Waals surface area contributed by atoms with E-state index < -0.39 is 0 Å². The standard InChI is InChI=1S/C11H18N4S.HI/c1-7-10(14-8(2)16-7)6-13-11(12)15(3)9-4-5-9;/h9H,4-6H2,1-3H3,(H2,12,13);1H. The summed E-state index contributed by atoms with van der Waals surface area (Å²) in [6.45, 7) is 4.69. The topological polar surface area (TPSA) is 54.5 Å². The molecule has 2 N–H and O–H groups in total. The van der Waals surface area contributed by atoms with Crippen molar-refractivity contribution in [2.24, 2.45) is 10.7 Å². The van der Waals surface area contributed by atoms with Crippen LogP contribution in [0.5, 0.6) is 0 Å². The van der Waals surface area contributed by atoms with Crippen LogP contribution in [0, 0.1) is 13.8 Å². The summed E-state index contributed by atoms with van der Waals surface area (Å²) in [5.74, 6) is 0.632. The van der Waals surface area contributed by atoms with Gasteiger partial charge in [0, 0.05) is 18.0 Å². The summed E-state index contributed by atoms with van der Waals surface area (Å²) in [6.07, 6.45) is 2.48. The van der Waals surface area contributed by atoms with Gasteiger partial charge in [0.05, 0.1) is 17.2 Å². The van der Waals surface area contributed by atoms with E-state index >= 15 is 0 Å². The van der Waals surface area contributed by atoms with Crippen molar-refractivity contribution in [1.82, 2.24) is 9.88 Å². The van der Waals surface area contributed by atoms with Gasteiger partial charge in [-0.15, -0.1) is 35.3 Å². The molecule has 1 aliphatic rings. The van der Waals surface area contributed by atoms with Gasteiger partial charge in [-0.25, -0.2) is 9.98 Å². The Bertz CT molecular complexity index is 412. The zero-order valence-electron chi connectivity index (χ0n) is 10.4. The molecule has 0 amide bonds. The zero-order chi connectivity index (χ0) is 11.7. The van der Waals surface area contributed by atoms with Crippen LogP contribution in [-0.4, -0.2) is 28.9 Å². The fraction of sp³-hybridized carbons (Fsp3) is 0.636. The van der Waals surface area contributed by atoms with E-state index in [0.717, 1.165) is 10.7 Å². The minimum atomic E-state index is 0. The molecule has 17 heavy (non-hydrogen) atoms. The van der Waals surface area contributed by atoms with Crippen LogP contribution in [0.15, 0.2) is 4.99 Å². The second-order valence-electron chi connectivity index (χ2n) is 4.25.